The minimum atomic E-state index is -0.957. The summed E-state index contributed by atoms with van der Waals surface area (Å²) in [6.07, 6.45) is 0. The molecule has 0 aromatic heterocycles. The van der Waals surface area contributed by atoms with Crippen LogP contribution in [0.1, 0.15) is 24.7 Å². The molecule has 0 bridgehead atoms. The van der Waals surface area contributed by atoms with E-state index in [1.807, 2.05) is 36.4 Å². The minimum absolute atomic E-state index is 0.152. The zero-order valence-corrected chi connectivity index (χ0v) is 15.9. The number of hydrogen-bond donors (Lipinski definition) is 1. The molecule has 0 radical (unpaired) electrons. The van der Waals surface area contributed by atoms with Crippen molar-refractivity contribution in [3.63, 3.8) is 0 Å². The van der Waals surface area contributed by atoms with Crippen LogP contribution < -0.4 is 5.32 Å². The molecule has 1 aliphatic heterocycles. The number of rotatable bonds is 4. The zero-order valence-electron chi connectivity index (χ0n) is 15.1. The largest absolute Gasteiger partial charge is 0.348 e. The van der Waals surface area contributed by atoms with Crippen LogP contribution in [0.4, 0.5) is 0 Å². The van der Waals surface area contributed by atoms with Crippen molar-refractivity contribution in [3.8, 4) is 12.1 Å². The second-order valence-corrected chi connectivity index (χ2v) is 7.85. The maximum absolute atomic E-state index is 12.7. The minimum Gasteiger partial charge on any atom is -0.348 e. The molecule has 0 saturated heterocycles. The normalized spacial score (nSPS) is 19.8. The molecule has 2 rings (SSSR count). The molecule has 1 aromatic carbocycles. The summed E-state index contributed by atoms with van der Waals surface area (Å²) in [5.74, 6) is -1.57. The van der Waals surface area contributed by atoms with E-state index >= 15 is 0 Å². The highest BCUT2D eigenvalue weighted by Gasteiger charge is 2.45. The number of amides is 2. The first-order valence-electron chi connectivity index (χ1n) is 8.02. The van der Waals surface area contributed by atoms with Crippen molar-refractivity contribution in [1.82, 2.24) is 10.2 Å². The van der Waals surface area contributed by atoms with Crippen molar-refractivity contribution in [2.45, 2.75) is 19.1 Å². The van der Waals surface area contributed by atoms with Gasteiger partial charge in [0.05, 0.1) is 22.7 Å². The van der Waals surface area contributed by atoms with Crippen molar-refractivity contribution < 1.29 is 9.59 Å². The summed E-state index contributed by atoms with van der Waals surface area (Å²) < 4.78 is 0. The molecule has 2 amide bonds. The Morgan fingerprint density at radius 2 is 1.88 bits per heavy atom. The Bertz CT molecular complexity index is 831. The summed E-state index contributed by atoms with van der Waals surface area (Å²) in [4.78, 5) is 26.5. The predicted molar refractivity (Wildman–Crippen MR) is 99.1 cm³/mol. The molecular formula is C19H20N4O2S. The lowest BCUT2D eigenvalue weighted by Gasteiger charge is -2.35. The Balaban J connectivity index is 2.52. The number of carbonyl (C=O) groups excluding carboxylic acids is 2. The topological polar surface area (TPSA) is 97.0 Å². The third-order valence-electron chi connectivity index (χ3n) is 4.34. The number of nitriles is 2. The van der Waals surface area contributed by atoms with Crippen molar-refractivity contribution in [1.29, 1.82) is 10.5 Å². The molecule has 134 valence electrons. The monoisotopic (exact) mass is 368 g/mol. The van der Waals surface area contributed by atoms with E-state index in [1.54, 1.807) is 27.9 Å². The molecule has 26 heavy (non-hydrogen) atoms. The second-order valence-electron chi connectivity index (χ2n) is 6.73. The highest BCUT2D eigenvalue weighted by atomic mass is 32.2. The number of hydrogen-bond acceptors (Lipinski definition) is 5. The molecule has 1 aliphatic rings. The van der Waals surface area contributed by atoms with E-state index in [9.17, 15) is 20.1 Å². The molecule has 7 heteroatoms. The molecule has 2 atom stereocenters. The fraction of sp³-hybridized carbons (Fsp3) is 0.368. The van der Waals surface area contributed by atoms with Crippen LogP contribution in [0, 0.1) is 34.0 Å². The Morgan fingerprint density at radius 3 is 2.38 bits per heavy atom. The van der Waals surface area contributed by atoms with E-state index in [1.165, 1.54) is 4.90 Å². The third kappa shape index (κ3) is 3.58. The first-order chi connectivity index (χ1) is 12.2. The van der Waals surface area contributed by atoms with Crippen LogP contribution in [0.2, 0.25) is 0 Å². The molecule has 1 aromatic rings. The average Bonchev–Trinajstić information content (AvgIpc) is 2.59. The van der Waals surface area contributed by atoms with Gasteiger partial charge in [-0.3, -0.25) is 9.59 Å². The fourth-order valence-corrected chi connectivity index (χ4v) is 4.18. The van der Waals surface area contributed by atoms with Crippen LogP contribution in [0.15, 0.2) is 40.9 Å². The summed E-state index contributed by atoms with van der Waals surface area (Å²) in [6, 6.07) is 13.3. The van der Waals surface area contributed by atoms with Crippen molar-refractivity contribution >= 4 is 23.6 Å². The maximum atomic E-state index is 12.7. The summed E-state index contributed by atoms with van der Waals surface area (Å²) in [7, 11) is 3.32. The SMILES string of the molecule is CN(C)C(=O)[C@H](SC1=C(C#N)C(C)(C)[C@@H](C#N)C(=O)N1)c1ccccc1. The summed E-state index contributed by atoms with van der Waals surface area (Å²) in [6.45, 7) is 3.40. The van der Waals surface area contributed by atoms with Crippen LogP contribution in [-0.2, 0) is 9.59 Å². The van der Waals surface area contributed by atoms with Crippen LogP contribution in [0.5, 0.6) is 0 Å². The van der Waals surface area contributed by atoms with Crippen molar-refractivity contribution in [2.75, 3.05) is 14.1 Å². The summed E-state index contributed by atoms with van der Waals surface area (Å²) in [5.41, 5.74) is 0.146. The molecular weight excluding hydrogens is 348 g/mol. The lowest BCUT2D eigenvalue weighted by atomic mass is 9.72. The van der Waals surface area contributed by atoms with Crippen LogP contribution >= 0.6 is 11.8 Å². The van der Waals surface area contributed by atoms with Gasteiger partial charge in [-0.1, -0.05) is 55.9 Å². The van der Waals surface area contributed by atoms with Crippen molar-refractivity contribution in [3.05, 3.63) is 46.5 Å². The lowest BCUT2D eigenvalue weighted by molar-refractivity contribution is -0.128. The molecule has 1 heterocycles. The standard InChI is InChI=1S/C19H20N4O2S/c1-19(2)13(10-20)16(24)22-17(14(19)11-21)26-15(18(25)23(3)4)12-8-6-5-7-9-12/h5-9,13,15H,1-4H3,(H,22,24)/t13-,15+/m0/s1. The Kier molecular flexibility index (Phi) is 5.74. The van der Waals surface area contributed by atoms with Gasteiger partial charge in [0.15, 0.2) is 0 Å². The number of carbonyl (C=O) groups is 2. The van der Waals surface area contributed by atoms with Crippen LogP contribution in [0.3, 0.4) is 0 Å². The number of nitrogens with one attached hydrogen (secondary N) is 1. The number of allylic oxidation sites excluding steroid dienone is 1. The maximum Gasteiger partial charge on any atom is 0.243 e. The number of likely N-dealkylation sites (N-methyl/N-ethyl adjacent to an activating group) is 1. The van der Waals surface area contributed by atoms with Gasteiger partial charge in [-0.25, -0.2) is 0 Å². The van der Waals surface area contributed by atoms with Crippen molar-refractivity contribution in [2.24, 2.45) is 11.3 Å². The van der Waals surface area contributed by atoms with Gasteiger partial charge in [-0.2, -0.15) is 10.5 Å². The van der Waals surface area contributed by atoms with E-state index < -0.39 is 22.5 Å². The van der Waals surface area contributed by atoms with Gasteiger partial charge in [0.25, 0.3) is 0 Å². The molecule has 0 saturated carbocycles. The lowest BCUT2D eigenvalue weighted by Crippen LogP contribution is -2.44. The first kappa shape index (κ1) is 19.6. The highest BCUT2D eigenvalue weighted by molar-refractivity contribution is 8.03. The van der Waals surface area contributed by atoms with Crippen LogP contribution in [0.25, 0.3) is 0 Å². The predicted octanol–water partition coefficient (Wildman–Crippen LogP) is 2.58. The molecule has 6 nitrogen and oxygen atoms in total. The Morgan fingerprint density at radius 1 is 1.27 bits per heavy atom. The molecule has 1 N–H and O–H groups in total. The average molecular weight is 368 g/mol. The van der Waals surface area contributed by atoms with E-state index in [2.05, 4.69) is 11.4 Å². The Labute approximate surface area is 157 Å². The highest BCUT2D eigenvalue weighted by Crippen LogP contribution is 2.45. The smallest absolute Gasteiger partial charge is 0.243 e. The molecule has 0 fully saturated rings. The van der Waals surface area contributed by atoms with E-state index in [-0.39, 0.29) is 5.91 Å². The summed E-state index contributed by atoms with van der Waals surface area (Å²) >= 11 is 1.13. The molecule has 0 aliphatic carbocycles. The van der Waals surface area contributed by atoms with Gasteiger partial charge in [-0.05, 0) is 5.56 Å². The Hall–Kier alpha value is -2.77. The van der Waals surface area contributed by atoms with Gasteiger partial charge >= 0.3 is 0 Å². The van der Waals surface area contributed by atoms with E-state index in [0.717, 1.165) is 17.3 Å². The number of benzene rings is 1. The quantitative estimate of drug-likeness (QED) is 0.881. The van der Waals surface area contributed by atoms with Gasteiger partial charge in [-0.15, -0.1) is 0 Å². The molecule has 0 spiro atoms. The number of nitrogens with zero attached hydrogens (tertiary/aromatic N) is 3. The van der Waals surface area contributed by atoms with Gasteiger partial charge in [0.1, 0.15) is 11.2 Å². The molecule has 0 unspecified atom stereocenters. The fourth-order valence-electron chi connectivity index (χ4n) is 2.76. The summed E-state index contributed by atoms with van der Waals surface area (Å²) in [5, 5.41) is 21.3. The first-order valence-corrected chi connectivity index (χ1v) is 8.90. The third-order valence-corrected chi connectivity index (χ3v) is 5.59. The second kappa shape index (κ2) is 7.63. The van der Waals surface area contributed by atoms with Gasteiger partial charge in [0.2, 0.25) is 11.8 Å². The van der Waals surface area contributed by atoms with Gasteiger partial charge < -0.3 is 10.2 Å². The van der Waals surface area contributed by atoms with Crippen LogP contribution in [-0.4, -0.2) is 30.8 Å². The van der Waals surface area contributed by atoms with E-state index in [0.29, 0.717) is 10.6 Å². The van der Waals surface area contributed by atoms with E-state index in [4.69, 9.17) is 0 Å². The zero-order chi connectivity index (χ0) is 19.5. The number of thioether (sulfide) groups is 1. The van der Waals surface area contributed by atoms with Gasteiger partial charge in [0, 0.05) is 19.5 Å².